The molecule has 136 valence electrons. The lowest BCUT2D eigenvalue weighted by Crippen LogP contribution is -2.43. The second-order valence-corrected chi connectivity index (χ2v) is 6.91. The van der Waals surface area contributed by atoms with Crippen LogP contribution in [0.2, 0.25) is 5.02 Å². The molecule has 0 saturated heterocycles. The fourth-order valence-electron chi connectivity index (χ4n) is 3.24. The molecule has 2 aromatic carbocycles. The molecule has 1 N–H and O–H groups in total. The van der Waals surface area contributed by atoms with Gasteiger partial charge in [-0.2, -0.15) is 0 Å². The molecule has 0 saturated carbocycles. The predicted octanol–water partition coefficient (Wildman–Crippen LogP) is 3.24. The molecule has 0 unspecified atom stereocenters. The van der Waals surface area contributed by atoms with Gasteiger partial charge in [-0.1, -0.05) is 29.8 Å². The van der Waals surface area contributed by atoms with E-state index >= 15 is 0 Å². The van der Waals surface area contributed by atoms with Crippen molar-refractivity contribution >= 4 is 29.0 Å². The molecule has 2 aromatic rings. The van der Waals surface area contributed by atoms with Crippen molar-refractivity contribution in [3.63, 3.8) is 0 Å². The molecule has 3 rings (SSSR count). The third-order valence-corrected chi connectivity index (χ3v) is 4.70. The summed E-state index contributed by atoms with van der Waals surface area (Å²) in [4.78, 5) is 25.9. The number of hydrogen-bond acceptors (Lipinski definition) is 4. The molecule has 1 heterocycles. The Morgan fingerprint density at radius 3 is 2.69 bits per heavy atom. The zero-order valence-electron chi connectivity index (χ0n) is 14.7. The average molecular weight is 374 g/mol. The third kappa shape index (κ3) is 3.32. The van der Waals surface area contributed by atoms with Crippen LogP contribution in [-0.4, -0.2) is 29.9 Å². The third-order valence-electron chi connectivity index (χ3n) is 4.46. The molecule has 0 aromatic heterocycles. The first-order chi connectivity index (χ1) is 12.3. The topological polar surface area (TPSA) is 66.8 Å². The van der Waals surface area contributed by atoms with Crippen molar-refractivity contribution in [3.05, 3.63) is 58.6 Å². The number of anilines is 1. The largest absolute Gasteiger partial charge is 0.491 e. The molecule has 1 atom stereocenters. The summed E-state index contributed by atoms with van der Waals surface area (Å²) in [6.45, 7) is 3.80. The lowest BCUT2D eigenvalue weighted by atomic mass is 9.90. The van der Waals surface area contributed by atoms with E-state index in [1.165, 1.54) is 11.8 Å². The Morgan fingerprint density at radius 2 is 2.00 bits per heavy atom. The van der Waals surface area contributed by atoms with Gasteiger partial charge in [0.25, 0.3) is 5.91 Å². The summed E-state index contributed by atoms with van der Waals surface area (Å²) in [5.41, 5.74) is 0.0347. The maximum Gasteiger partial charge on any atom is 0.264 e. The molecular formula is C20H20ClNO4. The number of hydrogen-bond donors (Lipinski definition) is 1. The van der Waals surface area contributed by atoms with Gasteiger partial charge in [0, 0.05) is 17.0 Å². The second kappa shape index (κ2) is 7.09. The molecular weight excluding hydrogens is 354 g/mol. The average Bonchev–Trinajstić information content (AvgIpc) is 2.77. The Labute approximate surface area is 157 Å². The van der Waals surface area contributed by atoms with Crippen LogP contribution in [0.5, 0.6) is 5.75 Å². The number of nitrogens with zero attached hydrogens (tertiary/aromatic N) is 1. The number of benzene rings is 2. The van der Waals surface area contributed by atoms with E-state index in [2.05, 4.69) is 0 Å². The van der Waals surface area contributed by atoms with Gasteiger partial charge in [0.05, 0.1) is 12.2 Å². The van der Waals surface area contributed by atoms with E-state index in [1.54, 1.807) is 18.2 Å². The Bertz CT molecular complexity index is 867. The van der Waals surface area contributed by atoms with E-state index in [9.17, 15) is 14.7 Å². The lowest BCUT2D eigenvalue weighted by molar-refractivity contribution is -0.141. The smallest absolute Gasteiger partial charge is 0.264 e. The summed E-state index contributed by atoms with van der Waals surface area (Å²) in [6.07, 6.45) is -0.283. The van der Waals surface area contributed by atoms with Gasteiger partial charge in [0.15, 0.2) is 5.60 Å². The van der Waals surface area contributed by atoms with Crippen LogP contribution in [0.15, 0.2) is 42.5 Å². The quantitative estimate of drug-likeness (QED) is 0.844. The zero-order chi connectivity index (χ0) is 18.9. The molecule has 0 aliphatic carbocycles. The van der Waals surface area contributed by atoms with Gasteiger partial charge in [-0.25, -0.2) is 0 Å². The van der Waals surface area contributed by atoms with Gasteiger partial charge in [-0.15, -0.1) is 0 Å². The molecule has 6 heteroatoms. The molecule has 1 amide bonds. The summed E-state index contributed by atoms with van der Waals surface area (Å²) >= 11 is 6.03. The molecule has 0 spiro atoms. The van der Waals surface area contributed by atoms with Gasteiger partial charge in [0.2, 0.25) is 0 Å². The van der Waals surface area contributed by atoms with Crippen LogP contribution in [0.3, 0.4) is 0 Å². The highest BCUT2D eigenvalue weighted by Gasteiger charge is 2.50. The van der Waals surface area contributed by atoms with Crippen molar-refractivity contribution in [2.24, 2.45) is 0 Å². The Morgan fingerprint density at radius 1 is 1.27 bits per heavy atom. The van der Waals surface area contributed by atoms with Crippen molar-refractivity contribution < 1.29 is 19.4 Å². The standard InChI is InChI=1S/C20H20ClNO4/c1-13-5-3-4-6-18(13)26-10-9-22-17-8-7-15(21)11-16(17)20(25,19(22)24)12-14(2)23/h3-8,11,25H,9-10,12H2,1-2H3/t20-/m0/s1. The number of carbonyl (C=O) groups excluding carboxylic acids is 2. The Hall–Kier alpha value is -2.37. The number of halogens is 1. The van der Waals surface area contributed by atoms with E-state index < -0.39 is 11.5 Å². The van der Waals surface area contributed by atoms with Gasteiger partial charge in [-0.05, 0) is 43.7 Å². The van der Waals surface area contributed by atoms with Gasteiger partial charge < -0.3 is 14.7 Å². The Kier molecular flexibility index (Phi) is 5.03. The van der Waals surface area contributed by atoms with Crippen LogP contribution in [0.25, 0.3) is 0 Å². The minimum Gasteiger partial charge on any atom is -0.491 e. The van der Waals surface area contributed by atoms with Crippen LogP contribution in [0, 0.1) is 6.92 Å². The van der Waals surface area contributed by atoms with Crippen LogP contribution >= 0.6 is 11.6 Å². The number of fused-ring (bicyclic) bond motifs is 1. The SMILES string of the molecule is CC(=O)C[C@@]1(O)C(=O)N(CCOc2ccccc2C)c2ccc(Cl)cc21. The summed E-state index contributed by atoms with van der Waals surface area (Å²) in [5, 5.41) is 11.3. The molecule has 5 nitrogen and oxygen atoms in total. The van der Waals surface area contributed by atoms with Crippen molar-refractivity contribution in [2.45, 2.75) is 25.9 Å². The minimum absolute atomic E-state index is 0.252. The van der Waals surface area contributed by atoms with E-state index in [1.807, 2.05) is 31.2 Å². The van der Waals surface area contributed by atoms with Crippen LogP contribution in [-0.2, 0) is 15.2 Å². The van der Waals surface area contributed by atoms with Crippen LogP contribution in [0.1, 0.15) is 24.5 Å². The van der Waals surface area contributed by atoms with Gasteiger partial charge in [0.1, 0.15) is 18.1 Å². The number of ketones is 1. The number of ether oxygens (including phenoxy) is 1. The number of amides is 1. The number of carbonyl (C=O) groups is 2. The first-order valence-corrected chi connectivity index (χ1v) is 8.73. The fourth-order valence-corrected chi connectivity index (χ4v) is 3.41. The highest BCUT2D eigenvalue weighted by atomic mass is 35.5. The van der Waals surface area contributed by atoms with Crippen LogP contribution < -0.4 is 9.64 Å². The second-order valence-electron chi connectivity index (χ2n) is 6.47. The molecule has 0 bridgehead atoms. The highest BCUT2D eigenvalue weighted by Crippen LogP contribution is 2.43. The van der Waals surface area contributed by atoms with Crippen molar-refractivity contribution in [1.82, 2.24) is 0 Å². The maximum absolute atomic E-state index is 12.9. The Balaban J connectivity index is 1.83. The van der Waals surface area contributed by atoms with E-state index in [4.69, 9.17) is 16.3 Å². The van der Waals surface area contributed by atoms with E-state index in [0.29, 0.717) is 16.3 Å². The summed E-state index contributed by atoms with van der Waals surface area (Å²) in [6, 6.07) is 12.5. The van der Waals surface area contributed by atoms with E-state index in [-0.39, 0.29) is 25.4 Å². The minimum atomic E-state index is -1.88. The normalized spacial score (nSPS) is 18.8. The zero-order valence-corrected chi connectivity index (χ0v) is 15.4. The molecule has 26 heavy (non-hydrogen) atoms. The number of para-hydroxylation sites is 1. The monoisotopic (exact) mass is 373 g/mol. The molecule has 1 aliphatic rings. The first kappa shape index (κ1) is 18.4. The van der Waals surface area contributed by atoms with Crippen LogP contribution in [0.4, 0.5) is 5.69 Å². The van der Waals surface area contributed by atoms with Gasteiger partial charge in [-0.3, -0.25) is 9.59 Å². The highest BCUT2D eigenvalue weighted by molar-refractivity contribution is 6.31. The molecule has 0 radical (unpaired) electrons. The molecule has 0 fully saturated rings. The first-order valence-electron chi connectivity index (χ1n) is 8.35. The number of Topliss-reactive ketones (excluding diaryl/α,β-unsaturated/α-hetero) is 1. The van der Waals surface area contributed by atoms with Crippen molar-refractivity contribution in [1.29, 1.82) is 0 Å². The lowest BCUT2D eigenvalue weighted by Gasteiger charge is -2.22. The molecule has 1 aliphatic heterocycles. The number of aryl methyl sites for hydroxylation is 1. The summed E-state index contributed by atoms with van der Waals surface area (Å²) < 4.78 is 5.77. The number of rotatable bonds is 6. The maximum atomic E-state index is 12.9. The van der Waals surface area contributed by atoms with Crippen molar-refractivity contribution in [2.75, 3.05) is 18.1 Å². The fraction of sp³-hybridized carbons (Fsp3) is 0.300. The summed E-state index contributed by atoms with van der Waals surface area (Å²) in [7, 11) is 0. The van der Waals surface area contributed by atoms with Gasteiger partial charge >= 0.3 is 0 Å². The predicted molar refractivity (Wildman–Crippen MR) is 99.7 cm³/mol. The van der Waals surface area contributed by atoms with E-state index in [0.717, 1.165) is 11.3 Å². The van der Waals surface area contributed by atoms with Crippen molar-refractivity contribution in [3.8, 4) is 5.75 Å². The summed E-state index contributed by atoms with van der Waals surface area (Å²) in [5.74, 6) is -0.0578. The number of aliphatic hydroxyl groups is 1.